The molecule has 0 aliphatic rings. The molecule has 2 aromatic carbocycles. The molecule has 110 valence electrons. The molecule has 0 amide bonds. The molecule has 3 aromatic rings. The molecule has 0 unspecified atom stereocenters. The number of ether oxygens (including phenoxy) is 1. The van der Waals surface area contributed by atoms with Gasteiger partial charge in [-0.1, -0.05) is 39.7 Å². The van der Waals surface area contributed by atoms with Crippen LogP contribution in [0.2, 0.25) is 5.02 Å². The largest absolute Gasteiger partial charge is 0.465 e. The molecule has 0 spiro atoms. The zero-order chi connectivity index (χ0) is 15.7. The van der Waals surface area contributed by atoms with Gasteiger partial charge in [0, 0.05) is 20.4 Å². The molecule has 1 aromatic heterocycles. The van der Waals surface area contributed by atoms with E-state index in [4.69, 9.17) is 16.3 Å². The number of fused-ring (bicyclic) bond motifs is 1. The Hall–Kier alpha value is -1.91. The van der Waals surface area contributed by atoms with E-state index in [2.05, 4.69) is 20.9 Å². The summed E-state index contributed by atoms with van der Waals surface area (Å²) in [5.74, 6) is -0.409. The Kier molecular flexibility index (Phi) is 4.14. The number of hydrogen-bond acceptors (Lipinski definition) is 3. The SMILES string of the molecule is COC(=O)c1cc(-c2ccc(Br)cc2)nc2ccc(Cl)cc12. The summed E-state index contributed by atoms with van der Waals surface area (Å²) in [4.78, 5) is 16.7. The van der Waals surface area contributed by atoms with Gasteiger partial charge in [0.1, 0.15) is 0 Å². The van der Waals surface area contributed by atoms with Gasteiger partial charge in [-0.2, -0.15) is 0 Å². The van der Waals surface area contributed by atoms with Crippen molar-refractivity contribution in [2.75, 3.05) is 7.11 Å². The lowest BCUT2D eigenvalue weighted by Crippen LogP contribution is -2.04. The van der Waals surface area contributed by atoms with Crippen molar-refractivity contribution in [3.8, 4) is 11.3 Å². The first-order chi connectivity index (χ1) is 10.6. The number of halogens is 2. The molecule has 0 atom stereocenters. The normalized spacial score (nSPS) is 10.7. The Morgan fingerprint density at radius 2 is 1.86 bits per heavy atom. The predicted octanol–water partition coefficient (Wildman–Crippen LogP) is 5.10. The Morgan fingerprint density at radius 1 is 1.14 bits per heavy atom. The number of esters is 1. The number of hydrogen-bond donors (Lipinski definition) is 0. The Balaban J connectivity index is 2.26. The average molecular weight is 377 g/mol. The third-order valence-electron chi connectivity index (χ3n) is 3.32. The van der Waals surface area contributed by atoms with Gasteiger partial charge in [0.2, 0.25) is 0 Å². The van der Waals surface area contributed by atoms with Crippen LogP contribution < -0.4 is 0 Å². The van der Waals surface area contributed by atoms with Crippen molar-refractivity contribution in [2.45, 2.75) is 0 Å². The van der Waals surface area contributed by atoms with E-state index in [0.29, 0.717) is 27.2 Å². The van der Waals surface area contributed by atoms with E-state index in [1.165, 1.54) is 7.11 Å². The number of rotatable bonds is 2. The summed E-state index contributed by atoms with van der Waals surface area (Å²) in [6.45, 7) is 0. The van der Waals surface area contributed by atoms with Crippen LogP contribution in [0.1, 0.15) is 10.4 Å². The first kappa shape index (κ1) is 15.0. The molecule has 0 saturated heterocycles. The smallest absolute Gasteiger partial charge is 0.338 e. The van der Waals surface area contributed by atoms with E-state index in [1.807, 2.05) is 24.3 Å². The zero-order valence-corrected chi connectivity index (χ0v) is 14.0. The van der Waals surface area contributed by atoms with E-state index in [1.54, 1.807) is 24.3 Å². The summed E-state index contributed by atoms with van der Waals surface area (Å²) in [5.41, 5.74) is 2.78. The second-order valence-electron chi connectivity index (χ2n) is 4.72. The van der Waals surface area contributed by atoms with Gasteiger partial charge in [0.25, 0.3) is 0 Å². The molecule has 0 aliphatic carbocycles. The van der Waals surface area contributed by atoms with Crippen molar-refractivity contribution in [3.05, 3.63) is 63.6 Å². The lowest BCUT2D eigenvalue weighted by Gasteiger charge is -2.09. The quantitative estimate of drug-likeness (QED) is 0.584. The second kappa shape index (κ2) is 6.07. The molecule has 0 radical (unpaired) electrons. The molecule has 0 N–H and O–H groups in total. The van der Waals surface area contributed by atoms with Gasteiger partial charge in [0.05, 0.1) is 23.9 Å². The van der Waals surface area contributed by atoms with Crippen LogP contribution in [0.5, 0.6) is 0 Å². The third-order valence-corrected chi connectivity index (χ3v) is 4.08. The molecular formula is C17H11BrClNO2. The van der Waals surface area contributed by atoms with Crippen molar-refractivity contribution in [1.29, 1.82) is 0 Å². The van der Waals surface area contributed by atoms with Crippen molar-refractivity contribution in [3.63, 3.8) is 0 Å². The minimum atomic E-state index is -0.409. The standard InChI is InChI=1S/C17H11BrClNO2/c1-22-17(21)14-9-16(10-2-4-11(18)5-3-10)20-15-7-6-12(19)8-13(14)15/h2-9H,1H3. The van der Waals surface area contributed by atoms with Gasteiger partial charge < -0.3 is 4.74 Å². The van der Waals surface area contributed by atoms with Gasteiger partial charge >= 0.3 is 5.97 Å². The number of carbonyl (C=O) groups is 1. The van der Waals surface area contributed by atoms with Crippen LogP contribution in [-0.2, 0) is 4.74 Å². The molecular weight excluding hydrogens is 366 g/mol. The van der Waals surface area contributed by atoms with Gasteiger partial charge in [-0.15, -0.1) is 0 Å². The summed E-state index contributed by atoms with van der Waals surface area (Å²) in [5, 5.41) is 1.23. The molecule has 22 heavy (non-hydrogen) atoms. The zero-order valence-electron chi connectivity index (χ0n) is 11.6. The van der Waals surface area contributed by atoms with Gasteiger partial charge in [-0.3, -0.25) is 0 Å². The van der Waals surface area contributed by atoms with Gasteiger partial charge in [-0.05, 0) is 36.4 Å². The molecule has 1 heterocycles. The van der Waals surface area contributed by atoms with Gasteiger partial charge in [0.15, 0.2) is 0 Å². The number of carbonyl (C=O) groups excluding carboxylic acids is 1. The van der Waals surface area contributed by atoms with Crippen LogP contribution in [0.4, 0.5) is 0 Å². The monoisotopic (exact) mass is 375 g/mol. The topological polar surface area (TPSA) is 39.2 Å². The van der Waals surface area contributed by atoms with Crippen LogP contribution in [0.15, 0.2) is 53.0 Å². The highest BCUT2D eigenvalue weighted by Gasteiger charge is 2.14. The van der Waals surface area contributed by atoms with E-state index in [-0.39, 0.29) is 0 Å². The van der Waals surface area contributed by atoms with Crippen molar-refractivity contribution in [1.82, 2.24) is 4.98 Å². The van der Waals surface area contributed by atoms with Crippen LogP contribution in [0, 0.1) is 0 Å². The molecule has 5 heteroatoms. The van der Waals surface area contributed by atoms with Crippen molar-refractivity contribution in [2.24, 2.45) is 0 Å². The second-order valence-corrected chi connectivity index (χ2v) is 6.07. The highest BCUT2D eigenvalue weighted by atomic mass is 79.9. The number of pyridine rings is 1. The first-order valence-electron chi connectivity index (χ1n) is 6.53. The fourth-order valence-electron chi connectivity index (χ4n) is 2.25. The molecule has 3 rings (SSSR count). The van der Waals surface area contributed by atoms with Crippen LogP contribution in [0.3, 0.4) is 0 Å². The van der Waals surface area contributed by atoms with Crippen molar-refractivity contribution >= 4 is 44.4 Å². The summed E-state index contributed by atoms with van der Waals surface area (Å²) in [6.07, 6.45) is 0. The highest BCUT2D eigenvalue weighted by molar-refractivity contribution is 9.10. The van der Waals surface area contributed by atoms with E-state index < -0.39 is 5.97 Å². The minimum absolute atomic E-state index is 0.409. The number of methoxy groups -OCH3 is 1. The Bertz CT molecular complexity index is 862. The third kappa shape index (κ3) is 2.85. The summed E-state index contributed by atoms with van der Waals surface area (Å²) < 4.78 is 5.86. The summed E-state index contributed by atoms with van der Waals surface area (Å²) >= 11 is 9.43. The van der Waals surface area contributed by atoms with Crippen LogP contribution in [0.25, 0.3) is 22.2 Å². The first-order valence-corrected chi connectivity index (χ1v) is 7.70. The van der Waals surface area contributed by atoms with Crippen molar-refractivity contribution < 1.29 is 9.53 Å². The molecule has 0 fully saturated rings. The maximum atomic E-state index is 12.1. The van der Waals surface area contributed by atoms with Crippen LogP contribution in [-0.4, -0.2) is 18.1 Å². The molecule has 0 saturated carbocycles. The lowest BCUT2D eigenvalue weighted by molar-refractivity contribution is 0.0603. The van der Waals surface area contributed by atoms with Gasteiger partial charge in [-0.25, -0.2) is 9.78 Å². The average Bonchev–Trinajstić information content (AvgIpc) is 2.54. The van der Waals surface area contributed by atoms with E-state index in [0.717, 1.165) is 10.0 Å². The lowest BCUT2D eigenvalue weighted by atomic mass is 10.0. The predicted molar refractivity (Wildman–Crippen MR) is 91.2 cm³/mol. The van der Waals surface area contributed by atoms with E-state index in [9.17, 15) is 4.79 Å². The molecule has 0 aliphatic heterocycles. The molecule has 0 bridgehead atoms. The fraction of sp³-hybridized carbons (Fsp3) is 0.0588. The Morgan fingerprint density at radius 3 is 2.55 bits per heavy atom. The number of benzene rings is 2. The Labute approximate surface area is 141 Å². The maximum Gasteiger partial charge on any atom is 0.338 e. The number of nitrogens with zero attached hydrogens (tertiary/aromatic N) is 1. The summed E-state index contributed by atoms with van der Waals surface area (Å²) in [7, 11) is 1.36. The minimum Gasteiger partial charge on any atom is -0.465 e. The number of aromatic nitrogens is 1. The summed E-state index contributed by atoms with van der Waals surface area (Å²) in [6, 6.07) is 14.7. The maximum absolute atomic E-state index is 12.1. The highest BCUT2D eigenvalue weighted by Crippen LogP contribution is 2.28. The van der Waals surface area contributed by atoms with E-state index >= 15 is 0 Å². The molecule has 3 nitrogen and oxygen atoms in total. The fourth-order valence-corrected chi connectivity index (χ4v) is 2.68. The van der Waals surface area contributed by atoms with Crippen LogP contribution >= 0.6 is 27.5 Å².